The van der Waals surface area contributed by atoms with Gasteiger partial charge in [0, 0.05) is 5.56 Å². The van der Waals surface area contributed by atoms with Crippen molar-refractivity contribution < 1.29 is 4.79 Å². The third kappa shape index (κ3) is 3.98. The van der Waals surface area contributed by atoms with E-state index in [9.17, 15) is 4.79 Å². The van der Waals surface area contributed by atoms with Crippen LogP contribution in [0.2, 0.25) is 0 Å². The summed E-state index contributed by atoms with van der Waals surface area (Å²) in [5.74, 6) is 0.789. The van der Waals surface area contributed by atoms with Crippen LogP contribution in [0.1, 0.15) is 83.5 Å². The maximum absolute atomic E-state index is 12.5. The molecular formula is C25H28O. The van der Waals surface area contributed by atoms with Gasteiger partial charge in [0.1, 0.15) is 0 Å². The Hall–Kier alpha value is -2.15. The standard InChI is InChI=1S/C25H28O/c26-25(17-11-19-10-12-21-8-4-5-9-24(21)18-19)23-15-13-22(14-16-23)20-6-2-1-3-7-20/h10-18,20H,1-9H2. The molecule has 26 heavy (non-hydrogen) atoms. The molecule has 4 rings (SSSR count). The molecule has 0 radical (unpaired) electrons. The molecule has 0 saturated heterocycles. The molecule has 1 nitrogen and oxygen atoms in total. The Balaban J connectivity index is 1.43. The fourth-order valence-electron chi connectivity index (χ4n) is 4.48. The Kier molecular flexibility index (Phi) is 5.34. The summed E-state index contributed by atoms with van der Waals surface area (Å²) in [7, 11) is 0. The maximum atomic E-state index is 12.5. The van der Waals surface area contributed by atoms with Gasteiger partial charge in [-0.15, -0.1) is 0 Å². The van der Waals surface area contributed by atoms with Crippen LogP contribution in [0.25, 0.3) is 6.08 Å². The summed E-state index contributed by atoms with van der Waals surface area (Å²) in [5, 5.41) is 0. The topological polar surface area (TPSA) is 17.1 Å². The lowest BCUT2D eigenvalue weighted by molar-refractivity contribution is 0.104. The van der Waals surface area contributed by atoms with Crippen LogP contribution in [-0.2, 0) is 12.8 Å². The molecule has 0 N–H and O–H groups in total. The second-order valence-corrected chi connectivity index (χ2v) is 7.89. The molecule has 2 aromatic rings. The third-order valence-corrected chi connectivity index (χ3v) is 6.07. The Morgan fingerprint density at radius 1 is 0.808 bits per heavy atom. The number of aryl methyl sites for hydroxylation is 2. The molecule has 0 aliphatic heterocycles. The molecule has 0 aromatic heterocycles. The fraction of sp³-hybridized carbons (Fsp3) is 0.400. The number of rotatable bonds is 4. The van der Waals surface area contributed by atoms with Crippen LogP contribution in [0.15, 0.2) is 48.5 Å². The van der Waals surface area contributed by atoms with Crippen molar-refractivity contribution in [2.75, 3.05) is 0 Å². The van der Waals surface area contributed by atoms with Crippen molar-refractivity contribution in [2.24, 2.45) is 0 Å². The molecule has 0 unspecified atom stereocenters. The summed E-state index contributed by atoms with van der Waals surface area (Å²) >= 11 is 0. The number of fused-ring (bicyclic) bond motifs is 1. The second-order valence-electron chi connectivity index (χ2n) is 7.89. The van der Waals surface area contributed by atoms with E-state index in [4.69, 9.17) is 0 Å². The van der Waals surface area contributed by atoms with E-state index >= 15 is 0 Å². The highest BCUT2D eigenvalue weighted by atomic mass is 16.1. The zero-order valence-electron chi connectivity index (χ0n) is 15.5. The lowest BCUT2D eigenvalue weighted by Gasteiger charge is -2.21. The number of allylic oxidation sites excluding steroid dienone is 1. The zero-order chi connectivity index (χ0) is 17.8. The zero-order valence-corrected chi connectivity index (χ0v) is 15.5. The molecule has 0 amide bonds. The van der Waals surface area contributed by atoms with E-state index < -0.39 is 0 Å². The SMILES string of the molecule is O=C(C=Cc1ccc2c(c1)CCCC2)c1ccc(C2CCCCC2)cc1. The van der Waals surface area contributed by atoms with Crippen LogP contribution in [0.5, 0.6) is 0 Å². The summed E-state index contributed by atoms with van der Waals surface area (Å²) in [5.41, 5.74) is 6.28. The van der Waals surface area contributed by atoms with Gasteiger partial charge in [-0.1, -0.05) is 67.8 Å². The quantitative estimate of drug-likeness (QED) is 0.456. The molecular weight excluding hydrogens is 316 g/mol. The van der Waals surface area contributed by atoms with Gasteiger partial charge >= 0.3 is 0 Å². The van der Waals surface area contributed by atoms with Crippen LogP contribution < -0.4 is 0 Å². The summed E-state index contributed by atoms with van der Waals surface area (Å²) in [6.45, 7) is 0. The van der Waals surface area contributed by atoms with Gasteiger partial charge in [-0.05, 0) is 72.8 Å². The summed E-state index contributed by atoms with van der Waals surface area (Å²) < 4.78 is 0. The van der Waals surface area contributed by atoms with Crippen molar-refractivity contribution in [3.05, 3.63) is 76.4 Å². The van der Waals surface area contributed by atoms with E-state index in [1.165, 1.54) is 74.5 Å². The molecule has 0 heterocycles. The monoisotopic (exact) mass is 344 g/mol. The number of hydrogen-bond acceptors (Lipinski definition) is 1. The number of carbonyl (C=O) groups excluding carboxylic acids is 1. The number of carbonyl (C=O) groups is 1. The van der Waals surface area contributed by atoms with Gasteiger partial charge in [0.2, 0.25) is 0 Å². The van der Waals surface area contributed by atoms with Gasteiger partial charge in [-0.25, -0.2) is 0 Å². The first-order chi connectivity index (χ1) is 12.8. The lowest BCUT2D eigenvalue weighted by atomic mass is 9.84. The van der Waals surface area contributed by atoms with Crippen LogP contribution in [-0.4, -0.2) is 5.78 Å². The molecule has 2 aromatic carbocycles. The molecule has 2 aliphatic carbocycles. The predicted octanol–water partition coefficient (Wildman–Crippen LogP) is 6.51. The highest BCUT2D eigenvalue weighted by molar-refractivity contribution is 6.06. The molecule has 0 atom stereocenters. The average molecular weight is 344 g/mol. The van der Waals surface area contributed by atoms with Crippen molar-refractivity contribution in [1.29, 1.82) is 0 Å². The van der Waals surface area contributed by atoms with Crippen LogP contribution in [0.4, 0.5) is 0 Å². The molecule has 0 spiro atoms. The molecule has 134 valence electrons. The van der Waals surface area contributed by atoms with E-state index in [-0.39, 0.29) is 5.78 Å². The van der Waals surface area contributed by atoms with E-state index in [1.54, 1.807) is 6.08 Å². The van der Waals surface area contributed by atoms with Crippen molar-refractivity contribution in [1.82, 2.24) is 0 Å². The smallest absolute Gasteiger partial charge is 0.185 e. The number of hydrogen-bond donors (Lipinski definition) is 0. The Bertz CT molecular complexity index is 791. The summed E-state index contributed by atoms with van der Waals surface area (Å²) in [6, 6.07) is 15.0. The number of benzene rings is 2. The largest absolute Gasteiger partial charge is 0.289 e. The van der Waals surface area contributed by atoms with Crippen molar-refractivity contribution in [3.8, 4) is 0 Å². The summed E-state index contributed by atoms with van der Waals surface area (Å²) in [6.07, 6.45) is 15.3. The van der Waals surface area contributed by atoms with E-state index in [0.29, 0.717) is 5.92 Å². The van der Waals surface area contributed by atoms with Crippen LogP contribution >= 0.6 is 0 Å². The summed E-state index contributed by atoms with van der Waals surface area (Å²) in [4.78, 5) is 12.5. The van der Waals surface area contributed by atoms with Crippen LogP contribution in [0, 0.1) is 0 Å². The van der Waals surface area contributed by atoms with Crippen molar-refractivity contribution in [2.45, 2.75) is 63.7 Å². The predicted molar refractivity (Wildman–Crippen MR) is 109 cm³/mol. The van der Waals surface area contributed by atoms with Gasteiger partial charge in [0.15, 0.2) is 5.78 Å². The number of ketones is 1. The van der Waals surface area contributed by atoms with Gasteiger partial charge in [0.25, 0.3) is 0 Å². The molecule has 1 fully saturated rings. The molecule has 1 heteroatoms. The van der Waals surface area contributed by atoms with Crippen LogP contribution in [0.3, 0.4) is 0 Å². The fourth-order valence-corrected chi connectivity index (χ4v) is 4.48. The van der Waals surface area contributed by atoms with Gasteiger partial charge in [-0.3, -0.25) is 4.79 Å². The first-order valence-corrected chi connectivity index (χ1v) is 10.2. The molecule has 2 aliphatic rings. The van der Waals surface area contributed by atoms with E-state index in [1.807, 2.05) is 18.2 Å². The Labute approximate surface area is 157 Å². The molecule has 0 bridgehead atoms. The van der Waals surface area contributed by atoms with E-state index in [2.05, 4.69) is 30.3 Å². The minimum Gasteiger partial charge on any atom is -0.289 e. The Morgan fingerprint density at radius 3 is 2.31 bits per heavy atom. The highest BCUT2D eigenvalue weighted by Gasteiger charge is 2.15. The minimum absolute atomic E-state index is 0.0953. The minimum atomic E-state index is 0.0953. The van der Waals surface area contributed by atoms with Gasteiger partial charge in [0.05, 0.1) is 0 Å². The normalized spacial score (nSPS) is 18.0. The van der Waals surface area contributed by atoms with Gasteiger partial charge in [-0.2, -0.15) is 0 Å². The van der Waals surface area contributed by atoms with Crippen molar-refractivity contribution >= 4 is 11.9 Å². The Morgan fingerprint density at radius 2 is 1.54 bits per heavy atom. The maximum Gasteiger partial charge on any atom is 0.185 e. The third-order valence-electron chi connectivity index (χ3n) is 6.07. The average Bonchev–Trinajstić information content (AvgIpc) is 2.72. The first kappa shape index (κ1) is 17.3. The second kappa shape index (κ2) is 8.03. The van der Waals surface area contributed by atoms with E-state index in [0.717, 1.165) is 11.1 Å². The van der Waals surface area contributed by atoms with Gasteiger partial charge < -0.3 is 0 Å². The van der Waals surface area contributed by atoms with Crippen molar-refractivity contribution in [3.63, 3.8) is 0 Å². The first-order valence-electron chi connectivity index (χ1n) is 10.2. The molecule has 1 saturated carbocycles. The lowest BCUT2D eigenvalue weighted by Crippen LogP contribution is -2.05. The highest BCUT2D eigenvalue weighted by Crippen LogP contribution is 2.32.